The Labute approximate surface area is 130 Å². The van der Waals surface area contributed by atoms with Crippen molar-refractivity contribution in [2.24, 2.45) is 0 Å². The highest BCUT2D eigenvalue weighted by Crippen LogP contribution is 2.39. The van der Waals surface area contributed by atoms with E-state index in [-0.39, 0.29) is 0 Å². The summed E-state index contributed by atoms with van der Waals surface area (Å²) >= 11 is 1.97. The summed E-state index contributed by atoms with van der Waals surface area (Å²) in [4.78, 5) is 1.44. The molecule has 1 atom stereocenters. The van der Waals surface area contributed by atoms with Crippen LogP contribution in [0.25, 0.3) is 0 Å². The third-order valence-corrected chi connectivity index (χ3v) is 5.18. The summed E-state index contributed by atoms with van der Waals surface area (Å²) in [5.41, 5.74) is 4.06. The van der Waals surface area contributed by atoms with Crippen molar-refractivity contribution in [1.29, 1.82) is 0 Å². The summed E-state index contributed by atoms with van der Waals surface area (Å²) in [7, 11) is 1.75. The second-order valence-electron chi connectivity index (χ2n) is 5.33. The highest BCUT2D eigenvalue weighted by molar-refractivity contribution is 7.99. The van der Waals surface area contributed by atoms with E-state index in [1.165, 1.54) is 27.5 Å². The fraction of sp³-hybridized carbons (Fsp3) is 0.333. The van der Waals surface area contributed by atoms with Crippen molar-refractivity contribution in [3.05, 3.63) is 59.7 Å². The van der Waals surface area contributed by atoms with Crippen molar-refractivity contribution in [3.8, 4) is 0 Å². The predicted octanol–water partition coefficient (Wildman–Crippen LogP) is 4.18. The molecule has 0 aliphatic carbocycles. The summed E-state index contributed by atoms with van der Waals surface area (Å²) in [6, 6.07) is 17.3. The molecule has 3 rings (SSSR count). The van der Waals surface area contributed by atoms with E-state index in [2.05, 4.69) is 53.8 Å². The Kier molecular flexibility index (Phi) is 4.84. The third kappa shape index (κ3) is 3.42. The molecular formula is C18H21NOS. The van der Waals surface area contributed by atoms with Crippen LogP contribution in [0, 0.1) is 0 Å². The topological polar surface area (TPSA) is 21.3 Å². The monoisotopic (exact) mass is 299 g/mol. The summed E-state index contributed by atoms with van der Waals surface area (Å²) in [5.74, 6) is 1.77. The number of fused-ring (bicyclic) bond motifs is 1. The van der Waals surface area contributed by atoms with Gasteiger partial charge in [0.25, 0.3) is 0 Å². The molecule has 2 nitrogen and oxygen atoms in total. The van der Waals surface area contributed by atoms with Crippen LogP contribution in [0.3, 0.4) is 0 Å². The Morgan fingerprint density at radius 1 is 1.14 bits per heavy atom. The van der Waals surface area contributed by atoms with Crippen LogP contribution in [-0.4, -0.2) is 26.0 Å². The van der Waals surface area contributed by atoms with Gasteiger partial charge in [0, 0.05) is 35.9 Å². The number of rotatable bonds is 6. The number of ether oxygens (including phenoxy) is 1. The lowest BCUT2D eigenvalue weighted by Gasteiger charge is -2.16. The Hall–Kier alpha value is -1.45. The van der Waals surface area contributed by atoms with Crippen molar-refractivity contribution < 1.29 is 4.74 Å². The van der Waals surface area contributed by atoms with Crippen molar-refractivity contribution in [1.82, 2.24) is 0 Å². The van der Waals surface area contributed by atoms with E-state index in [4.69, 9.17) is 4.74 Å². The summed E-state index contributed by atoms with van der Waals surface area (Å²) < 4.78 is 5.19. The first-order valence-corrected chi connectivity index (χ1v) is 8.39. The highest BCUT2D eigenvalue weighted by Gasteiger charge is 2.22. The van der Waals surface area contributed by atoms with E-state index in [0.29, 0.717) is 5.92 Å². The Morgan fingerprint density at radius 2 is 1.95 bits per heavy atom. The molecule has 2 aromatic carbocycles. The van der Waals surface area contributed by atoms with E-state index >= 15 is 0 Å². The van der Waals surface area contributed by atoms with E-state index in [0.717, 1.165) is 19.6 Å². The van der Waals surface area contributed by atoms with Gasteiger partial charge in [-0.2, -0.15) is 0 Å². The summed E-state index contributed by atoms with van der Waals surface area (Å²) in [5, 5.41) is 3.64. The van der Waals surface area contributed by atoms with Gasteiger partial charge >= 0.3 is 0 Å². The molecule has 1 N–H and O–H groups in total. The zero-order valence-corrected chi connectivity index (χ0v) is 13.2. The van der Waals surface area contributed by atoms with Gasteiger partial charge in [0.1, 0.15) is 0 Å². The number of nitrogens with one attached hydrogen (secondary N) is 1. The van der Waals surface area contributed by atoms with Crippen LogP contribution in [0.15, 0.2) is 53.4 Å². The molecule has 0 aromatic heterocycles. The number of methoxy groups -OCH3 is 1. The molecule has 1 unspecified atom stereocenters. The minimum Gasteiger partial charge on any atom is -0.384 e. The van der Waals surface area contributed by atoms with Crippen molar-refractivity contribution in [3.63, 3.8) is 0 Å². The minimum atomic E-state index is 0.599. The summed E-state index contributed by atoms with van der Waals surface area (Å²) in [6.45, 7) is 1.76. The van der Waals surface area contributed by atoms with Gasteiger partial charge in [0.15, 0.2) is 0 Å². The molecule has 0 bridgehead atoms. The fourth-order valence-electron chi connectivity index (χ4n) is 2.75. The molecule has 0 amide bonds. The molecule has 0 saturated heterocycles. The maximum atomic E-state index is 5.19. The largest absolute Gasteiger partial charge is 0.384 e. The Morgan fingerprint density at radius 3 is 2.86 bits per heavy atom. The Balaban J connectivity index is 1.66. The average molecular weight is 299 g/mol. The van der Waals surface area contributed by atoms with Crippen LogP contribution in [0.2, 0.25) is 0 Å². The van der Waals surface area contributed by atoms with Gasteiger partial charge in [-0.1, -0.05) is 36.4 Å². The first kappa shape index (κ1) is 14.5. The predicted molar refractivity (Wildman–Crippen MR) is 90.4 cm³/mol. The molecule has 1 heterocycles. The zero-order chi connectivity index (χ0) is 14.5. The van der Waals surface area contributed by atoms with Crippen LogP contribution in [0.4, 0.5) is 5.69 Å². The van der Waals surface area contributed by atoms with Crippen LogP contribution in [0.1, 0.15) is 17.0 Å². The van der Waals surface area contributed by atoms with Gasteiger partial charge in [-0.3, -0.25) is 0 Å². The highest BCUT2D eigenvalue weighted by atomic mass is 32.2. The second-order valence-corrected chi connectivity index (χ2v) is 6.39. The maximum Gasteiger partial charge on any atom is 0.0503 e. The molecule has 21 heavy (non-hydrogen) atoms. The molecule has 2 aromatic rings. The van der Waals surface area contributed by atoms with Crippen molar-refractivity contribution in [2.75, 3.05) is 31.3 Å². The molecular weight excluding hydrogens is 278 g/mol. The van der Waals surface area contributed by atoms with E-state index in [9.17, 15) is 0 Å². The molecule has 1 aliphatic rings. The molecule has 3 heteroatoms. The van der Waals surface area contributed by atoms with E-state index in [1.54, 1.807) is 7.11 Å². The number of para-hydroxylation sites is 1. The van der Waals surface area contributed by atoms with Crippen LogP contribution < -0.4 is 5.32 Å². The third-order valence-electron chi connectivity index (χ3n) is 3.93. The normalized spacial score (nSPS) is 16.7. The van der Waals surface area contributed by atoms with Gasteiger partial charge in [0.2, 0.25) is 0 Å². The van der Waals surface area contributed by atoms with Crippen molar-refractivity contribution >= 4 is 17.4 Å². The van der Waals surface area contributed by atoms with Gasteiger partial charge < -0.3 is 10.1 Å². The number of hydrogen-bond donors (Lipinski definition) is 1. The number of hydrogen-bond acceptors (Lipinski definition) is 3. The number of benzene rings is 2. The molecule has 1 aliphatic heterocycles. The second kappa shape index (κ2) is 7.01. The lowest BCUT2D eigenvalue weighted by molar-refractivity contribution is 0.202. The molecule has 0 fully saturated rings. The van der Waals surface area contributed by atoms with Gasteiger partial charge in [0.05, 0.1) is 6.61 Å². The molecule has 0 saturated carbocycles. The van der Waals surface area contributed by atoms with E-state index < -0.39 is 0 Å². The van der Waals surface area contributed by atoms with E-state index in [1.807, 2.05) is 11.8 Å². The zero-order valence-electron chi connectivity index (χ0n) is 12.3. The number of thioether (sulfide) groups is 1. The van der Waals surface area contributed by atoms with Crippen molar-refractivity contribution in [2.45, 2.75) is 17.2 Å². The lowest BCUT2D eigenvalue weighted by Crippen LogP contribution is -2.13. The molecule has 110 valence electrons. The Bertz CT molecular complexity index is 599. The van der Waals surface area contributed by atoms with Crippen LogP contribution >= 0.6 is 11.8 Å². The van der Waals surface area contributed by atoms with Gasteiger partial charge in [-0.25, -0.2) is 0 Å². The maximum absolute atomic E-state index is 5.19. The quantitative estimate of drug-likeness (QED) is 0.864. The lowest BCUT2D eigenvalue weighted by atomic mass is 10.0. The minimum absolute atomic E-state index is 0.599. The number of anilines is 1. The van der Waals surface area contributed by atoms with Gasteiger partial charge in [-0.05, 0) is 29.7 Å². The average Bonchev–Trinajstić information content (AvgIpc) is 2.95. The SMILES string of the molecule is COCCc1ccccc1NCC1CSc2ccccc21. The fourth-order valence-corrected chi connectivity index (χ4v) is 4.01. The van der Waals surface area contributed by atoms with Gasteiger partial charge in [-0.15, -0.1) is 11.8 Å². The van der Waals surface area contributed by atoms with Crippen LogP contribution in [-0.2, 0) is 11.2 Å². The smallest absolute Gasteiger partial charge is 0.0503 e. The standard InChI is InChI=1S/C18H21NOS/c1-20-11-10-14-6-2-4-8-17(14)19-12-15-13-21-18-9-5-3-7-16(15)18/h2-9,15,19H,10-13H2,1H3. The molecule has 0 spiro atoms. The first-order valence-electron chi connectivity index (χ1n) is 7.41. The molecule has 0 radical (unpaired) electrons. The first-order chi connectivity index (χ1) is 10.4. The summed E-state index contributed by atoms with van der Waals surface area (Å²) in [6.07, 6.45) is 0.954. The van der Waals surface area contributed by atoms with Crippen LogP contribution in [0.5, 0.6) is 0 Å².